The highest BCUT2D eigenvalue weighted by atomic mass is 16.5. The predicted molar refractivity (Wildman–Crippen MR) is 72.8 cm³/mol. The molecule has 5 heteroatoms. The minimum atomic E-state index is -0.145. The lowest BCUT2D eigenvalue weighted by atomic mass is 10.3. The predicted octanol–water partition coefficient (Wildman–Crippen LogP) is 2.27. The maximum absolute atomic E-state index is 11.1. The third-order valence-corrected chi connectivity index (χ3v) is 2.28. The summed E-state index contributed by atoms with van der Waals surface area (Å²) < 4.78 is 4.85. The highest BCUT2D eigenvalue weighted by Crippen LogP contribution is 2.08. The highest BCUT2D eigenvalue weighted by Gasteiger charge is 2.01. The van der Waals surface area contributed by atoms with Gasteiger partial charge in [0.05, 0.1) is 6.61 Å². The molecule has 0 radical (unpaired) electrons. The Morgan fingerprint density at radius 2 is 2.00 bits per heavy atom. The molecule has 1 aromatic rings. The zero-order chi connectivity index (χ0) is 13.2. The number of nitrogens with zero attached hydrogens (tertiary/aromatic N) is 1. The summed E-state index contributed by atoms with van der Waals surface area (Å²) >= 11 is 0. The zero-order valence-electron chi connectivity index (χ0n) is 11.0. The van der Waals surface area contributed by atoms with Crippen LogP contribution >= 0.6 is 0 Å². The monoisotopic (exact) mass is 251 g/mol. The molecule has 0 aromatic carbocycles. The van der Waals surface area contributed by atoms with E-state index in [0.29, 0.717) is 19.6 Å². The average molecular weight is 251 g/mol. The van der Waals surface area contributed by atoms with E-state index in [1.807, 2.05) is 32.0 Å². The number of rotatable bonds is 8. The van der Waals surface area contributed by atoms with Crippen LogP contribution in [0, 0.1) is 0 Å². The van der Waals surface area contributed by atoms with Gasteiger partial charge in [0.1, 0.15) is 11.6 Å². The van der Waals surface area contributed by atoms with E-state index in [1.165, 1.54) is 0 Å². The van der Waals surface area contributed by atoms with Gasteiger partial charge in [0, 0.05) is 19.5 Å². The fraction of sp³-hybridized carbons (Fsp3) is 0.538. The number of nitrogens with one attached hydrogen (secondary N) is 2. The number of ether oxygens (including phenoxy) is 1. The molecule has 0 amide bonds. The maximum Gasteiger partial charge on any atom is 0.305 e. The summed E-state index contributed by atoms with van der Waals surface area (Å²) in [7, 11) is 0. The topological polar surface area (TPSA) is 63.2 Å². The number of esters is 1. The summed E-state index contributed by atoms with van der Waals surface area (Å²) in [5, 5.41) is 6.33. The lowest BCUT2D eigenvalue weighted by Crippen LogP contribution is -2.09. The molecule has 0 bridgehead atoms. The third kappa shape index (κ3) is 5.52. The first-order valence-electron chi connectivity index (χ1n) is 6.36. The molecule has 1 aromatic heterocycles. The number of aromatic nitrogens is 1. The summed E-state index contributed by atoms with van der Waals surface area (Å²) in [6.45, 7) is 5.84. The molecule has 0 atom stereocenters. The van der Waals surface area contributed by atoms with E-state index in [0.717, 1.165) is 24.6 Å². The van der Waals surface area contributed by atoms with Gasteiger partial charge in [0.2, 0.25) is 0 Å². The van der Waals surface area contributed by atoms with Crippen LogP contribution in [0.25, 0.3) is 0 Å². The zero-order valence-corrected chi connectivity index (χ0v) is 11.0. The molecule has 0 saturated heterocycles. The molecule has 0 fully saturated rings. The van der Waals surface area contributed by atoms with Crippen LogP contribution in [0.15, 0.2) is 18.2 Å². The Kier molecular flexibility index (Phi) is 6.61. The van der Waals surface area contributed by atoms with Crippen molar-refractivity contribution >= 4 is 17.6 Å². The number of carbonyl (C=O) groups is 1. The number of hydrogen-bond donors (Lipinski definition) is 2. The maximum atomic E-state index is 11.1. The highest BCUT2D eigenvalue weighted by molar-refractivity contribution is 5.69. The molecule has 0 saturated carbocycles. The second-order valence-electron chi connectivity index (χ2n) is 3.77. The Hall–Kier alpha value is -1.78. The second-order valence-corrected chi connectivity index (χ2v) is 3.77. The lowest BCUT2D eigenvalue weighted by Gasteiger charge is -2.07. The molecule has 0 aliphatic carbocycles. The summed E-state index contributed by atoms with van der Waals surface area (Å²) in [6.07, 6.45) is 1.18. The van der Waals surface area contributed by atoms with Gasteiger partial charge in [-0.15, -0.1) is 0 Å². The van der Waals surface area contributed by atoms with Crippen LogP contribution in [-0.2, 0) is 9.53 Å². The van der Waals surface area contributed by atoms with Gasteiger partial charge in [-0.25, -0.2) is 4.98 Å². The molecule has 1 rings (SSSR count). The first kappa shape index (κ1) is 14.3. The van der Waals surface area contributed by atoms with Crippen molar-refractivity contribution in [2.24, 2.45) is 0 Å². The van der Waals surface area contributed by atoms with Crippen LogP contribution in [0.4, 0.5) is 11.6 Å². The lowest BCUT2D eigenvalue weighted by molar-refractivity contribution is -0.143. The summed E-state index contributed by atoms with van der Waals surface area (Å²) in [5.74, 6) is 1.53. The number of pyridine rings is 1. The van der Waals surface area contributed by atoms with Crippen LogP contribution in [0.5, 0.6) is 0 Å². The fourth-order valence-electron chi connectivity index (χ4n) is 1.50. The van der Waals surface area contributed by atoms with Crippen molar-refractivity contribution in [2.75, 3.05) is 30.3 Å². The largest absolute Gasteiger partial charge is 0.466 e. The van der Waals surface area contributed by atoms with Crippen LogP contribution < -0.4 is 10.6 Å². The Morgan fingerprint density at radius 3 is 2.67 bits per heavy atom. The van der Waals surface area contributed by atoms with Gasteiger partial charge < -0.3 is 15.4 Å². The van der Waals surface area contributed by atoms with Crippen LogP contribution in [0.3, 0.4) is 0 Å². The van der Waals surface area contributed by atoms with Gasteiger partial charge in [0.25, 0.3) is 0 Å². The van der Waals surface area contributed by atoms with Crippen molar-refractivity contribution in [3.05, 3.63) is 18.2 Å². The van der Waals surface area contributed by atoms with Crippen molar-refractivity contribution in [2.45, 2.75) is 26.7 Å². The van der Waals surface area contributed by atoms with E-state index < -0.39 is 0 Å². The van der Waals surface area contributed by atoms with E-state index in [-0.39, 0.29) is 5.97 Å². The second kappa shape index (κ2) is 8.33. The van der Waals surface area contributed by atoms with Gasteiger partial charge in [0.15, 0.2) is 0 Å². The summed E-state index contributed by atoms with van der Waals surface area (Å²) in [5.41, 5.74) is 0. The van der Waals surface area contributed by atoms with Crippen molar-refractivity contribution in [1.82, 2.24) is 4.98 Å². The molecule has 0 aliphatic heterocycles. The molecule has 0 aliphatic rings. The van der Waals surface area contributed by atoms with E-state index in [1.54, 1.807) is 0 Å². The normalized spacial score (nSPS) is 9.89. The molecule has 0 spiro atoms. The van der Waals surface area contributed by atoms with Gasteiger partial charge in [-0.1, -0.05) is 6.07 Å². The third-order valence-electron chi connectivity index (χ3n) is 2.28. The van der Waals surface area contributed by atoms with Crippen LogP contribution in [-0.4, -0.2) is 30.6 Å². The quantitative estimate of drug-likeness (QED) is 0.548. The average Bonchev–Trinajstić information content (AvgIpc) is 2.36. The SMILES string of the molecule is CCNc1cccc(NCCCC(=O)OCC)n1. The molecule has 1 heterocycles. The van der Waals surface area contributed by atoms with Crippen molar-refractivity contribution in [3.8, 4) is 0 Å². The van der Waals surface area contributed by atoms with E-state index in [9.17, 15) is 4.79 Å². The Balaban J connectivity index is 2.26. The molecular weight excluding hydrogens is 230 g/mol. The Morgan fingerprint density at radius 1 is 1.28 bits per heavy atom. The van der Waals surface area contributed by atoms with Gasteiger partial charge in [-0.3, -0.25) is 4.79 Å². The first-order chi connectivity index (χ1) is 8.76. The number of anilines is 2. The van der Waals surface area contributed by atoms with E-state index >= 15 is 0 Å². The minimum absolute atomic E-state index is 0.145. The number of hydrogen-bond acceptors (Lipinski definition) is 5. The standard InChI is InChI=1S/C13H21N3O2/c1-3-14-11-7-5-8-12(16-11)15-10-6-9-13(17)18-4-2/h5,7-8H,3-4,6,9-10H2,1-2H3,(H2,14,15,16). The number of carbonyl (C=O) groups excluding carboxylic acids is 1. The fourth-order valence-corrected chi connectivity index (χ4v) is 1.50. The molecule has 2 N–H and O–H groups in total. The summed E-state index contributed by atoms with van der Waals surface area (Å²) in [6, 6.07) is 5.77. The Bertz CT molecular complexity index is 369. The van der Waals surface area contributed by atoms with Gasteiger partial charge in [-0.05, 0) is 32.4 Å². The van der Waals surface area contributed by atoms with Crippen molar-refractivity contribution < 1.29 is 9.53 Å². The molecular formula is C13H21N3O2. The minimum Gasteiger partial charge on any atom is -0.466 e. The smallest absolute Gasteiger partial charge is 0.305 e. The van der Waals surface area contributed by atoms with Crippen LogP contribution in [0.2, 0.25) is 0 Å². The van der Waals surface area contributed by atoms with E-state index in [4.69, 9.17) is 4.74 Å². The van der Waals surface area contributed by atoms with E-state index in [2.05, 4.69) is 15.6 Å². The van der Waals surface area contributed by atoms with Crippen molar-refractivity contribution in [1.29, 1.82) is 0 Å². The van der Waals surface area contributed by atoms with Crippen molar-refractivity contribution in [3.63, 3.8) is 0 Å². The first-order valence-corrected chi connectivity index (χ1v) is 6.36. The molecule has 18 heavy (non-hydrogen) atoms. The van der Waals surface area contributed by atoms with Gasteiger partial charge >= 0.3 is 5.97 Å². The molecule has 0 unspecified atom stereocenters. The molecule has 100 valence electrons. The van der Waals surface area contributed by atoms with Gasteiger partial charge in [-0.2, -0.15) is 0 Å². The summed E-state index contributed by atoms with van der Waals surface area (Å²) in [4.78, 5) is 15.5. The molecule has 5 nitrogen and oxygen atoms in total. The Labute approximate surface area is 108 Å². The van der Waals surface area contributed by atoms with Crippen LogP contribution in [0.1, 0.15) is 26.7 Å².